The highest BCUT2D eigenvalue weighted by Gasteiger charge is 2.24. The Morgan fingerprint density at radius 2 is 1.73 bits per heavy atom. The van der Waals surface area contributed by atoms with E-state index in [4.69, 9.17) is 11.6 Å². The van der Waals surface area contributed by atoms with Crippen molar-refractivity contribution in [2.45, 2.75) is 6.54 Å². The van der Waals surface area contributed by atoms with Gasteiger partial charge in [-0.1, -0.05) is 29.8 Å². The van der Waals surface area contributed by atoms with Crippen LogP contribution >= 0.6 is 11.6 Å². The van der Waals surface area contributed by atoms with Gasteiger partial charge in [0.1, 0.15) is 17.2 Å². The Hall–Kier alpha value is -3.51. The van der Waals surface area contributed by atoms with Crippen LogP contribution in [-0.2, 0) is 13.6 Å². The van der Waals surface area contributed by atoms with Gasteiger partial charge in [-0.25, -0.2) is 4.39 Å². The lowest BCUT2D eigenvalue weighted by Gasteiger charge is -2.10. The molecule has 4 aromatic rings. The van der Waals surface area contributed by atoms with Crippen molar-refractivity contribution in [3.05, 3.63) is 95.2 Å². The third kappa shape index (κ3) is 3.95. The molecular weight excluding hydrogens is 403 g/mol. The number of hydrogen-bond acceptors (Lipinski definition) is 3. The van der Waals surface area contributed by atoms with Crippen molar-refractivity contribution < 1.29 is 9.18 Å². The molecule has 0 atom stereocenters. The number of aryl methyl sites for hydroxylation is 1. The highest BCUT2D eigenvalue weighted by atomic mass is 35.5. The van der Waals surface area contributed by atoms with Crippen LogP contribution in [0.25, 0.3) is 22.4 Å². The van der Waals surface area contributed by atoms with Crippen LogP contribution < -0.4 is 5.32 Å². The number of aromatic nitrogens is 3. The summed E-state index contributed by atoms with van der Waals surface area (Å²) in [5, 5.41) is 8.08. The Morgan fingerprint density at radius 1 is 1.03 bits per heavy atom. The average Bonchev–Trinajstić information content (AvgIpc) is 3.11. The molecular formula is C23H18ClFN4O. The van der Waals surface area contributed by atoms with E-state index in [1.54, 1.807) is 37.6 Å². The molecule has 0 aliphatic carbocycles. The van der Waals surface area contributed by atoms with Crippen LogP contribution in [0.5, 0.6) is 0 Å². The van der Waals surface area contributed by atoms with Crippen molar-refractivity contribution in [2.75, 3.05) is 0 Å². The van der Waals surface area contributed by atoms with Crippen molar-refractivity contribution in [1.29, 1.82) is 0 Å². The van der Waals surface area contributed by atoms with Crippen molar-refractivity contribution in [3.63, 3.8) is 0 Å². The molecule has 150 valence electrons. The fourth-order valence-electron chi connectivity index (χ4n) is 3.29. The largest absolute Gasteiger partial charge is 0.347 e. The normalized spacial score (nSPS) is 10.8. The van der Waals surface area contributed by atoms with Crippen LogP contribution in [0.2, 0.25) is 5.02 Å². The number of amides is 1. The molecule has 1 amide bonds. The third-order valence-corrected chi connectivity index (χ3v) is 5.11. The van der Waals surface area contributed by atoms with Crippen LogP contribution in [0.15, 0.2) is 73.1 Å². The fourth-order valence-corrected chi connectivity index (χ4v) is 3.49. The molecule has 30 heavy (non-hydrogen) atoms. The summed E-state index contributed by atoms with van der Waals surface area (Å²) in [5.74, 6) is -0.622. The zero-order valence-corrected chi connectivity index (χ0v) is 16.9. The van der Waals surface area contributed by atoms with Crippen LogP contribution in [-0.4, -0.2) is 20.7 Å². The summed E-state index contributed by atoms with van der Waals surface area (Å²) >= 11 is 6.20. The SMILES string of the molecule is Cn1nc(-c2ccc(F)cc2)c(-c2ccncc2)c1C(=O)NCc1ccccc1Cl. The number of halogens is 2. The lowest BCUT2D eigenvalue weighted by Crippen LogP contribution is -2.25. The first-order chi connectivity index (χ1) is 14.5. The Morgan fingerprint density at radius 3 is 2.43 bits per heavy atom. The molecule has 2 heterocycles. The van der Waals surface area contributed by atoms with Crippen molar-refractivity contribution in [1.82, 2.24) is 20.1 Å². The second-order valence-corrected chi connectivity index (χ2v) is 7.12. The molecule has 4 rings (SSSR count). The second-order valence-electron chi connectivity index (χ2n) is 6.71. The third-order valence-electron chi connectivity index (χ3n) is 4.75. The summed E-state index contributed by atoms with van der Waals surface area (Å²) in [5.41, 5.74) is 3.96. The minimum atomic E-state index is -0.335. The van der Waals surface area contributed by atoms with E-state index >= 15 is 0 Å². The van der Waals surface area contributed by atoms with E-state index in [1.165, 1.54) is 16.8 Å². The van der Waals surface area contributed by atoms with Gasteiger partial charge in [0.05, 0.1) is 0 Å². The number of benzene rings is 2. The summed E-state index contributed by atoms with van der Waals surface area (Å²) in [6.07, 6.45) is 3.31. The standard InChI is InChI=1S/C23H18ClFN4O/c1-29-22(23(30)27-14-17-4-2-3-5-19(17)24)20(15-10-12-26-13-11-15)21(28-29)16-6-8-18(25)9-7-16/h2-13H,14H2,1H3,(H,27,30). The monoisotopic (exact) mass is 420 g/mol. The van der Waals surface area contributed by atoms with Crippen molar-refractivity contribution in [3.8, 4) is 22.4 Å². The predicted molar refractivity (Wildman–Crippen MR) is 114 cm³/mol. The Bertz CT molecular complexity index is 1190. The van der Waals surface area contributed by atoms with E-state index in [1.807, 2.05) is 30.3 Å². The molecule has 0 spiro atoms. The van der Waals surface area contributed by atoms with Crippen LogP contribution in [0, 0.1) is 5.82 Å². The molecule has 0 unspecified atom stereocenters. The smallest absolute Gasteiger partial charge is 0.270 e. The first kappa shape index (κ1) is 19.8. The van der Waals surface area contributed by atoms with Crippen LogP contribution in [0.4, 0.5) is 4.39 Å². The van der Waals surface area contributed by atoms with E-state index in [2.05, 4.69) is 15.4 Å². The zero-order valence-electron chi connectivity index (χ0n) is 16.1. The fraction of sp³-hybridized carbons (Fsp3) is 0.0870. The van der Waals surface area contributed by atoms with Crippen LogP contribution in [0.3, 0.4) is 0 Å². The van der Waals surface area contributed by atoms with E-state index in [9.17, 15) is 9.18 Å². The van der Waals surface area contributed by atoms with E-state index in [0.29, 0.717) is 27.5 Å². The number of nitrogens with zero attached hydrogens (tertiary/aromatic N) is 3. The van der Waals surface area contributed by atoms with Gasteiger partial charge in [-0.05, 0) is 53.6 Å². The van der Waals surface area contributed by atoms with Gasteiger partial charge in [-0.2, -0.15) is 5.10 Å². The second kappa shape index (κ2) is 8.47. The molecule has 2 aromatic heterocycles. The van der Waals surface area contributed by atoms with Gasteiger partial charge in [0.15, 0.2) is 0 Å². The van der Waals surface area contributed by atoms with Gasteiger partial charge in [0.25, 0.3) is 5.91 Å². The van der Waals surface area contributed by atoms with Crippen molar-refractivity contribution in [2.24, 2.45) is 7.05 Å². The summed E-state index contributed by atoms with van der Waals surface area (Å²) < 4.78 is 15.0. The molecule has 0 aliphatic rings. The summed E-state index contributed by atoms with van der Waals surface area (Å²) in [4.78, 5) is 17.2. The van der Waals surface area contributed by atoms with Gasteiger partial charge in [0.2, 0.25) is 0 Å². The minimum Gasteiger partial charge on any atom is -0.347 e. The molecule has 0 saturated heterocycles. The number of nitrogens with one attached hydrogen (secondary N) is 1. The quantitative estimate of drug-likeness (QED) is 0.501. The average molecular weight is 421 g/mol. The molecule has 0 radical (unpaired) electrons. The Kier molecular flexibility index (Phi) is 5.59. The van der Waals surface area contributed by atoms with E-state index in [-0.39, 0.29) is 18.3 Å². The van der Waals surface area contributed by atoms with E-state index < -0.39 is 0 Å². The maximum atomic E-state index is 13.4. The molecule has 0 bridgehead atoms. The van der Waals surface area contributed by atoms with Gasteiger partial charge in [0, 0.05) is 42.1 Å². The predicted octanol–water partition coefficient (Wildman–Crippen LogP) is 4.87. The maximum Gasteiger partial charge on any atom is 0.270 e. The number of carbonyl (C=O) groups is 1. The topological polar surface area (TPSA) is 59.8 Å². The molecule has 2 aromatic carbocycles. The lowest BCUT2D eigenvalue weighted by molar-refractivity contribution is 0.0942. The maximum absolute atomic E-state index is 13.4. The molecule has 7 heteroatoms. The highest BCUT2D eigenvalue weighted by Crippen LogP contribution is 2.34. The Balaban J connectivity index is 1.76. The Labute approximate surface area is 178 Å². The summed E-state index contributed by atoms with van der Waals surface area (Å²) in [6.45, 7) is 0.283. The number of hydrogen-bond donors (Lipinski definition) is 1. The molecule has 0 fully saturated rings. The number of rotatable bonds is 5. The van der Waals surface area contributed by atoms with Gasteiger partial charge >= 0.3 is 0 Å². The lowest BCUT2D eigenvalue weighted by atomic mass is 9.99. The summed E-state index contributed by atoms with van der Waals surface area (Å²) in [7, 11) is 1.71. The first-order valence-corrected chi connectivity index (χ1v) is 9.67. The van der Waals surface area contributed by atoms with Crippen LogP contribution in [0.1, 0.15) is 16.1 Å². The van der Waals surface area contributed by atoms with Gasteiger partial charge in [-0.15, -0.1) is 0 Å². The highest BCUT2D eigenvalue weighted by molar-refractivity contribution is 6.31. The van der Waals surface area contributed by atoms with E-state index in [0.717, 1.165) is 11.1 Å². The van der Waals surface area contributed by atoms with Gasteiger partial charge < -0.3 is 5.32 Å². The number of carbonyl (C=O) groups excluding carboxylic acids is 1. The minimum absolute atomic E-state index is 0.283. The van der Waals surface area contributed by atoms with Gasteiger partial charge in [-0.3, -0.25) is 14.5 Å². The molecule has 0 aliphatic heterocycles. The van der Waals surface area contributed by atoms with Crippen molar-refractivity contribution >= 4 is 17.5 Å². The molecule has 1 N–H and O–H groups in total. The molecule has 0 saturated carbocycles. The molecule has 5 nitrogen and oxygen atoms in total. The summed E-state index contributed by atoms with van der Waals surface area (Å²) in [6, 6.07) is 17.0. The number of pyridine rings is 1. The zero-order chi connectivity index (χ0) is 21.1. The first-order valence-electron chi connectivity index (χ1n) is 9.29.